The minimum absolute atomic E-state index is 0.0111. The van der Waals surface area contributed by atoms with E-state index in [1.807, 2.05) is 45.8 Å². The Hall–Kier alpha value is -3.61. The number of fused-ring (bicyclic) bond motifs is 3. The van der Waals surface area contributed by atoms with Crippen molar-refractivity contribution in [1.29, 1.82) is 0 Å². The van der Waals surface area contributed by atoms with E-state index in [9.17, 15) is 9.59 Å². The van der Waals surface area contributed by atoms with Crippen LogP contribution in [0, 0.1) is 0 Å². The van der Waals surface area contributed by atoms with Crippen molar-refractivity contribution in [2.24, 2.45) is 0 Å². The van der Waals surface area contributed by atoms with Crippen molar-refractivity contribution >= 4 is 28.1 Å². The van der Waals surface area contributed by atoms with Crippen molar-refractivity contribution in [2.45, 2.75) is 0 Å². The molecule has 0 unspecified atom stereocenters. The molecular formula is C21H19N5O2. The molecule has 28 heavy (non-hydrogen) atoms. The van der Waals surface area contributed by atoms with Gasteiger partial charge in [0, 0.05) is 50.5 Å². The van der Waals surface area contributed by atoms with Gasteiger partial charge in [-0.2, -0.15) is 0 Å². The van der Waals surface area contributed by atoms with Crippen molar-refractivity contribution in [3.63, 3.8) is 0 Å². The van der Waals surface area contributed by atoms with Crippen LogP contribution >= 0.6 is 0 Å². The van der Waals surface area contributed by atoms with Crippen LogP contribution in [0.15, 0.2) is 65.8 Å². The van der Waals surface area contributed by atoms with E-state index >= 15 is 0 Å². The summed E-state index contributed by atoms with van der Waals surface area (Å²) in [7, 11) is 0. The van der Waals surface area contributed by atoms with Crippen LogP contribution in [0.25, 0.3) is 16.6 Å². The molecule has 1 N–H and O–H groups in total. The van der Waals surface area contributed by atoms with Gasteiger partial charge in [-0.05, 0) is 30.3 Å². The van der Waals surface area contributed by atoms with Gasteiger partial charge >= 0.3 is 0 Å². The number of carbonyl (C=O) groups is 1. The zero-order valence-corrected chi connectivity index (χ0v) is 15.2. The molecule has 7 heteroatoms. The molecule has 0 bridgehead atoms. The summed E-state index contributed by atoms with van der Waals surface area (Å²) < 4.78 is 1.87. The second-order valence-corrected chi connectivity index (χ2v) is 6.94. The topological polar surface area (TPSA) is 73.7 Å². The lowest BCUT2D eigenvalue weighted by Gasteiger charge is -2.35. The number of rotatable bonds is 2. The molecule has 7 nitrogen and oxygen atoms in total. The number of aromatic nitrogens is 3. The number of anilines is 1. The molecule has 1 fully saturated rings. The van der Waals surface area contributed by atoms with Crippen LogP contribution in [-0.2, 0) is 0 Å². The monoisotopic (exact) mass is 373 g/mol. The van der Waals surface area contributed by atoms with E-state index in [0.717, 1.165) is 24.3 Å². The smallest absolute Gasteiger partial charge is 0.258 e. The number of hydrogen-bond donors (Lipinski definition) is 1. The molecule has 0 atom stereocenters. The molecule has 0 spiro atoms. The Morgan fingerprint density at radius 3 is 2.54 bits per heavy atom. The van der Waals surface area contributed by atoms with Gasteiger partial charge in [0.25, 0.3) is 11.5 Å². The Labute approximate surface area is 160 Å². The SMILES string of the molecule is O=C(c1cc2[nH]c(=O)c3ccccc3n2c1)N1CCN(c2ccncc2)CC1. The minimum atomic E-state index is -0.147. The number of para-hydroxylation sites is 1. The van der Waals surface area contributed by atoms with Gasteiger partial charge in [0.05, 0.1) is 16.5 Å². The maximum absolute atomic E-state index is 13.0. The molecule has 140 valence electrons. The van der Waals surface area contributed by atoms with E-state index in [0.29, 0.717) is 29.7 Å². The van der Waals surface area contributed by atoms with E-state index < -0.39 is 0 Å². The lowest BCUT2D eigenvalue weighted by atomic mass is 10.2. The molecule has 0 saturated carbocycles. The minimum Gasteiger partial charge on any atom is -0.368 e. The summed E-state index contributed by atoms with van der Waals surface area (Å²) in [6, 6.07) is 13.1. The van der Waals surface area contributed by atoms with Crippen LogP contribution in [0.5, 0.6) is 0 Å². The average Bonchev–Trinajstić information content (AvgIpc) is 3.18. The van der Waals surface area contributed by atoms with E-state index in [-0.39, 0.29) is 11.5 Å². The molecule has 5 rings (SSSR count). The van der Waals surface area contributed by atoms with Crippen molar-refractivity contribution in [3.05, 3.63) is 77.0 Å². The lowest BCUT2D eigenvalue weighted by molar-refractivity contribution is 0.0747. The van der Waals surface area contributed by atoms with Crippen molar-refractivity contribution < 1.29 is 4.79 Å². The van der Waals surface area contributed by atoms with Gasteiger partial charge < -0.3 is 19.2 Å². The van der Waals surface area contributed by atoms with Crippen molar-refractivity contribution in [2.75, 3.05) is 31.1 Å². The van der Waals surface area contributed by atoms with Crippen molar-refractivity contribution in [1.82, 2.24) is 19.3 Å². The zero-order chi connectivity index (χ0) is 19.1. The number of pyridine rings is 1. The molecule has 0 radical (unpaired) electrons. The molecule has 1 aromatic carbocycles. The Kier molecular flexibility index (Phi) is 3.86. The molecule has 1 amide bonds. The van der Waals surface area contributed by atoms with Gasteiger partial charge in [0.1, 0.15) is 5.65 Å². The van der Waals surface area contributed by atoms with E-state index in [1.54, 1.807) is 24.5 Å². The van der Waals surface area contributed by atoms with Gasteiger partial charge in [-0.25, -0.2) is 0 Å². The quantitative estimate of drug-likeness (QED) is 0.584. The third kappa shape index (κ3) is 2.72. The van der Waals surface area contributed by atoms with Crippen LogP contribution in [0.4, 0.5) is 5.69 Å². The number of piperazine rings is 1. The Bertz CT molecular complexity index is 1220. The highest BCUT2D eigenvalue weighted by Gasteiger charge is 2.23. The van der Waals surface area contributed by atoms with Crippen LogP contribution in [-0.4, -0.2) is 51.4 Å². The molecule has 4 heterocycles. The van der Waals surface area contributed by atoms with E-state index in [2.05, 4.69) is 14.9 Å². The molecule has 1 saturated heterocycles. The summed E-state index contributed by atoms with van der Waals surface area (Å²) in [5.41, 5.74) is 2.99. The number of hydrogen-bond acceptors (Lipinski definition) is 4. The normalized spacial score (nSPS) is 14.7. The maximum atomic E-state index is 13.0. The Balaban J connectivity index is 1.41. The molecule has 4 aromatic rings. The first-order valence-electron chi connectivity index (χ1n) is 9.28. The molecule has 1 aliphatic rings. The maximum Gasteiger partial charge on any atom is 0.258 e. The summed E-state index contributed by atoms with van der Waals surface area (Å²) >= 11 is 0. The zero-order valence-electron chi connectivity index (χ0n) is 15.2. The molecule has 0 aliphatic carbocycles. The van der Waals surface area contributed by atoms with Crippen LogP contribution in [0.1, 0.15) is 10.4 Å². The number of aromatic amines is 1. The number of H-pyrrole nitrogens is 1. The summed E-state index contributed by atoms with van der Waals surface area (Å²) in [6.45, 7) is 2.88. The van der Waals surface area contributed by atoms with Crippen LogP contribution in [0.2, 0.25) is 0 Å². The predicted octanol–water partition coefficient (Wildman–Crippen LogP) is 2.14. The molecule has 3 aromatic heterocycles. The third-order valence-corrected chi connectivity index (χ3v) is 5.31. The van der Waals surface area contributed by atoms with Gasteiger partial charge in [-0.3, -0.25) is 14.6 Å². The Morgan fingerprint density at radius 1 is 1.00 bits per heavy atom. The summed E-state index contributed by atoms with van der Waals surface area (Å²) in [5.74, 6) is -0.0111. The fourth-order valence-corrected chi connectivity index (χ4v) is 3.84. The predicted molar refractivity (Wildman–Crippen MR) is 108 cm³/mol. The highest BCUT2D eigenvalue weighted by Crippen LogP contribution is 2.19. The van der Waals surface area contributed by atoms with Gasteiger partial charge in [0.2, 0.25) is 0 Å². The Morgan fingerprint density at radius 2 is 1.75 bits per heavy atom. The average molecular weight is 373 g/mol. The fraction of sp³-hybridized carbons (Fsp3) is 0.190. The third-order valence-electron chi connectivity index (χ3n) is 5.31. The van der Waals surface area contributed by atoms with E-state index in [4.69, 9.17) is 0 Å². The number of benzene rings is 1. The first-order valence-corrected chi connectivity index (χ1v) is 9.28. The fourth-order valence-electron chi connectivity index (χ4n) is 3.84. The van der Waals surface area contributed by atoms with Crippen LogP contribution in [0.3, 0.4) is 0 Å². The number of nitrogens with one attached hydrogen (secondary N) is 1. The highest BCUT2D eigenvalue weighted by molar-refractivity contribution is 5.96. The first-order chi connectivity index (χ1) is 13.7. The summed E-state index contributed by atoms with van der Waals surface area (Å²) in [4.78, 5) is 36.3. The number of amides is 1. The number of carbonyl (C=O) groups excluding carboxylic acids is 1. The standard InChI is InChI=1S/C21H19N5O2/c27-20-17-3-1-2-4-18(17)26-14-15(13-19(26)23-20)21(28)25-11-9-24(10-12-25)16-5-7-22-8-6-16/h1-8,13-14H,9-12H2,(H,23,27). The lowest BCUT2D eigenvalue weighted by Crippen LogP contribution is -2.48. The molecule has 1 aliphatic heterocycles. The van der Waals surface area contributed by atoms with Crippen LogP contribution < -0.4 is 10.5 Å². The van der Waals surface area contributed by atoms with Gasteiger partial charge in [-0.1, -0.05) is 12.1 Å². The summed E-state index contributed by atoms with van der Waals surface area (Å²) in [5, 5.41) is 0.607. The van der Waals surface area contributed by atoms with Gasteiger partial charge in [0.15, 0.2) is 0 Å². The second kappa shape index (κ2) is 6.53. The van der Waals surface area contributed by atoms with Gasteiger partial charge in [-0.15, -0.1) is 0 Å². The van der Waals surface area contributed by atoms with Crippen molar-refractivity contribution in [3.8, 4) is 0 Å². The molecular weight excluding hydrogens is 354 g/mol. The summed E-state index contributed by atoms with van der Waals surface area (Å²) in [6.07, 6.45) is 5.38. The highest BCUT2D eigenvalue weighted by atomic mass is 16.2. The number of nitrogens with zero attached hydrogens (tertiary/aromatic N) is 4. The first kappa shape index (κ1) is 16.6. The largest absolute Gasteiger partial charge is 0.368 e. The van der Waals surface area contributed by atoms with E-state index in [1.165, 1.54) is 0 Å². The second-order valence-electron chi connectivity index (χ2n) is 6.94.